The van der Waals surface area contributed by atoms with Gasteiger partial charge in [-0.05, 0) is 35.7 Å². The van der Waals surface area contributed by atoms with Gasteiger partial charge in [0.2, 0.25) is 0 Å². The lowest BCUT2D eigenvalue weighted by Gasteiger charge is -2.04. The Labute approximate surface area is 104 Å². The lowest BCUT2D eigenvalue weighted by molar-refractivity contribution is 1.17. The van der Waals surface area contributed by atoms with Gasteiger partial charge in [-0.25, -0.2) is 0 Å². The van der Waals surface area contributed by atoms with E-state index in [9.17, 15) is 0 Å². The average Bonchev–Trinajstić information content (AvgIpc) is 2.25. The first-order valence-corrected chi connectivity index (χ1v) is 6.01. The van der Waals surface area contributed by atoms with Gasteiger partial charge < -0.3 is 0 Å². The normalized spacial score (nSPS) is 10.3. The molecule has 0 fully saturated rings. The van der Waals surface area contributed by atoms with E-state index in [0.717, 1.165) is 11.3 Å². The molecular formula is C13H11BrS. The summed E-state index contributed by atoms with van der Waals surface area (Å²) >= 11 is 7.82. The van der Waals surface area contributed by atoms with Crippen LogP contribution < -0.4 is 0 Å². The van der Waals surface area contributed by atoms with Crippen molar-refractivity contribution < 1.29 is 0 Å². The second-order valence-electron chi connectivity index (χ2n) is 3.43. The number of rotatable bonds is 2. The SMILES string of the molecule is Sc1ccc(Cc2ccccc2Br)cc1. The Morgan fingerprint density at radius 1 is 0.933 bits per heavy atom. The molecule has 0 unspecified atom stereocenters. The molecular weight excluding hydrogens is 268 g/mol. The van der Waals surface area contributed by atoms with Gasteiger partial charge in [0.1, 0.15) is 0 Å². The fourth-order valence-corrected chi connectivity index (χ4v) is 2.05. The minimum atomic E-state index is 0.954. The van der Waals surface area contributed by atoms with Gasteiger partial charge in [0, 0.05) is 9.37 Å². The first-order valence-electron chi connectivity index (χ1n) is 4.77. The molecule has 0 bridgehead atoms. The van der Waals surface area contributed by atoms with Crippen molar-refractivity contribution in [2.45, 2.75) is 11.3 Å². The molecule has 0 aliphatic heterocycles. The van der Waals surface area contributed by atoms with E-state index in [1.54, 1.807) is 0 Å². The molecule has 76 valence electrons. The summed E-state index contributed by atoms with van der Waals surface area (Å²) in [4.78, 5) is 1.01. The van der Waals surface area contributed by atoms with Crippen LogP contribution in [0.15, 0.2) is 57.9 Å². The zero-order chi connectivity index (χ0) is 10.7. The Kier molecular flexibility index (Phi) is 3.49. The van der Waals surface area contributed by atoms with Gasteiger partial charge in [0.15, 0.2) is 0 Å². The zero-order valence-electron chi connectivity index (χ0n) is 8.15. The van der Waals surface area contributed by atoms with Crippen molar-refractivity contribution in [3.63, 3.8) is 0 Å². The highest BCUT2D eigenvalue weighted by molar-refractivity contribution is 9.10. The second-order valence-corrected chi connectivity index (χ2v) is 4.81. The van der Waals surface area contributed by atoms with Crippen molar-refractivity contribution in [3.8, 4) is 0 Å². The Balaban J connectivity index is 2.22. The highest BCUT2D eigenvalue weighted by Gasteiger charge is 1.99. The maximum Gasteiger partial charge on any atom is 0.0210 e. The minimum Gasteiger partial charge on any atom is -0.143 e. The predicted molar refractivity (Wildman–Crippen MR) is 70.6 cm³/mol. The van der Waals surface area contributed by atoms with E-state index in [4.69, 9.17) is 0 Å². The Morgan fingerprint density at radius 3 is 2.27 bits per heavy atom. The summed E-state index contributed by atoms with van der Waals surface area (Å²) in [5.41, 5.74) is 2.61. The molecule has 0 radical (unpaired) electrons. The molecule has 0 amide bonds. The van der Waals surface area contributed by atoms with Crippen LogP contribution in [0.4, 0.5) is 0 Å². The smallest absolute Gasteiger partial charge is 0.0210 e. The van der Waals surface area contributed by atoms with E-state index in [1.165, 1.54) is 15.6 Å². The number of halogens is 1. The standard InChI is InChI=1S/C13H11BrS/c14-13-4-2-1-3-11(13)9-10-5-7-12(15)8-6-10/h1-8,15H,9H2. The van der Waals surface area contributed by atoms with Crippen LogP contribution >= 0.6 is 28.6 Å². The summed E-state index contributed by atoms with van der Waals surface area (Å²) in [6.07, 6.45) is 0.954. The van der Waals surface area contributed by atoms with E-state index in [0.29, 0.717) is 0 Å². The van der Waals surface area contributed by atoms with Crippen molar-refractivity contribution in [2.24, 2.45) is 0 Å². The van der Waals surface area contributed by atoms with Crippen LogP contribution in [0, 0.1) is 0 Å². The van der Waals surface area contributed by atoms with Crippen LogP contribution in [0.25, 0.3) is 0 Å². The summed E-state index contributed by atoms with van der Waals surface area (Å²) in [6, 6.07) is 16.6. The van der Waals surface area contributed by atoms with E-state index >= 15 is 0 Å². The van der Waals surface area contributed by atoms with Crippen LogP contribution in [0.2, 0.25) is 0 Å². The molecule has 0 saturated carbocycles. The van der Waals surface area contributed by atoms with Crippen molar-refractivity contribution in [1.82, 2.24) is 0 Å². The maximum atomic E-state index is 4.27. The summed E-state index contributed by atoms with van der Waals surface area (Å²) in [6.45, 7) is 0. The molecule has 2 rings (SSSR count). The van der Waals surface area contributed by atoms with Crippen molar-refractivity contribution in [3.05, 3.63) is 64.1 Å². The molecule has 0 atom stereocenters. The lowest BCUT2D eigenvalue weighted by atomic mass is 10.1. The van der Waals surface area contributed by atoms with Gasteiger partial charge in [0.25, 0.3) is 0 Å². The number of benzene rings is 2. The van der Waals surface area contributed by atoms with Gasteiger partial charge in [-0.15, -0.1) is 12.6 Å². The van der Waals surface area contributed by atoms with Crippen LogP contribution in [-0.4, -0.2) is 0 Å². The van der Waals surface area contributed by atoms with Crippen molar-refractivity contribution >= 4 is 28.6 Å². The maximum absolute atomic E-state index is 4.27. The fourth-order valence-electron chi connectivity index (χ4n) is 1.48. The van der Waals surface area contributed by atoms with Crippen LogP contribution in [0.1, 0.15) is 11.1 Å². The lowest BCUT2D eigenvalue weighted by Crippen LogP contribution is -1.88. The van der Waals surface area contributed by atoms with Gasteiger partial charge in [-0.1, -0.05) is 46.3 Å². The van der Waals surface area contributed by atoms with Gasteiger partial charge in [-0.2, -0.15) is 0 Å². The molecule has 0 nitrogen and oxygen atoms in total. The third-order valence-electron chi connectivity index (χ3n) is 2.29. The molecule has 0 aromatic heterocycles. The van der Waals surface area contributed by atoms with Crippen LogP contribution in [0.3, 0.4) is 0 Å². The quantitative estimate of drug-likeness (QED) is 0.777. The molecule has 0 spiro atoms. The highest BCUT2D eigenvalue weighted by atomic mass is 79.9. The third-order valence-corrected chi connectivity index (χ3v) is 3.36. The Bertz CT molecular complexity index is 448. The molecule has 2 heteroatoms. The fraction of sp³-hybridized carbons (Fsp3) is 0.0769. The summed E-state index contributed by atoms with van der Waals surface area (Å²) in [7, 11) is 0. The van der Waals surface area contributed by atoms with Crippen molar-refractivity contribution in [2.75, 3.05) is 0 Å². The minimum absolute atomic E-state index is 0.954. The van der Waals surface area contributed by atoms with Gasteiger partial charge in [-0.3, -0.25) is 0 Å². The average molecular weight is 279 g/mol. The highest BCUT2D eigenvalue weighted by Crippen LogP contribution is 2.20. The summed E-state index contributed by atoms with van der Waals surface area (Å²) < 4.78 is 1.17. The predicted octanol–water partition coefficient (Wildman–Crippen LogP) is 4.33. The summed E-state index contributed by atoms with van der Waals surface area (Å²) in [5, 5.41) is 0. The molecule has 0 saturated heterocycles. The second kappa shape index (κ2) is 4.86. The first-order chi connectivity index (χ1) is 7.25. The summed E-state index contributed by atoms with van der Waals surface area (Å²) in [5.74, 6) is 0. The van der Waals surface area contributed by atoms with Gasteiger partial charge in [0.05, 0.1) is 0 Å². The van der Waals surface area contributed by atoms with Crippen LogP contribution in [0.5, 0.6) is 0 Å². The first kappa shape index (κ1) is 10.8. The monoisotopic (exact) mass is 278 g/mol. The van der Waals surface area contributed by atoms with E-state index in [1.807, 2.05) is 18.2 Å². The Morgan fingerprint density at radius 2 is 1.60 bits per heavy atom. The third kappa shape index (κ3) is 2.86. The van der Waals surface area contributed by atoms with E-state index < -0.39 is 0 Å². The van der Waals surface area contributed by atoms with Crippen molar-refractivity contribution in [1.29, 1.82) is 0 Å². The molecule has 2 aromatic carbocycles. The molecule has 0 N–H and O–H groups in total. The van der Waals surface area contributed by atoms with Crippen LogP contribution in [-0.2, 0) is 6.42 Å². The van der Waals surface area contributed by atoms with E-state index in [2.05, 4.69) is 58.9 Å². The Hall–Kier alpha value is -0.730. The van der Waals surface area contributed by atoms with E-state index in [-0.39, 0.29) is 0 Å². The number of thiol groups is 1. The molecule has 0 aliphatic carbocycles. The molecule has 0 aliphatic rings. The topological polar surface area (TPSA) is 0 Å². The molecule has 2 aromatic rings. The zero-order valence-corrected chi connectivity index (χ0v) is 10.6. The molecule has 0 heterocycles. The molecule has 15 heavy (non-hydrogen) atoms. The number of hydrogen-bond acceptors (Lipinski definition) is 1. The van der Waals surface area contributed by atoms with Gasteiger partial charge >= 0.3 is 0 Å². The number of hydrogen-bond donors (Lipinski definition) is 1. The largest absolute Gasteiger partial charge is 0.143 e.